The Morgan fingerprint density at radius 2 is 1.89 bits per heavy atom. The Balaban J connectivity index is 2.34. The van der Waals surface area contributed by atoms with E-state index >= 15 is 0 Å². The summed E-state index contributed by atoms with van der Waals surface area (Å²) < 4.78 is 14.7. The van der Waals surface area contributed by atoms with Gasteiger partial charge >= 0.3 is 0 Å². The molecule has 98 valence electrons. The number of thiol groups is 1. The molecule has 0 aromatic heterocycles. The number of para-hydroxylation sites is 1. The zero-order valence-corrected chi connectivity index (χ0v) is 13.5. The van der Waals surface area contributed by atoms with Crippen molar-refractivity contribution in [3.8, 4) is 0 Å². The molecule has 0 spiro atoms. The average Bonchev–Trinajstić information content (AvgIpc) is 2.37. The van der Waals surface area contributed by atoms with Gasteiger partial charge in [0.05, 0.1) is 11.3 Å². The first kappa shape index (κ1) is 14.6. The third kappa shape index (κ3) is 3.38. The van der Waals surface area contributed by atoms with Crippen LogP contribution in [-0.4, -0.2) is 5.91 Å². The second-order valence-electron chi connectivity index (χ2n) is 3.71. The van der Waals surface area contributed by atoms with Crippen molar-refractivity contribution in [1.29, 1.82) is 0 Å². The van der Waals surface area contributed by atoms with E-state index in [2.05, 4.69) is 49.8 Å². The van der Waals surface area contributed by atoms with E-state index in [1.54, 1.807) is 30.3 Å². The topological polar surface area (TPSA) is 29.1 Å². The molecule has 0 saturated carbocycles. The number of amides is 1. The maximum atomic E-state index is 13.6. The summed E-state index contributed by atoms with van der Waals surface area (Å²) >= 11 is 10.7. The van der Waals surface area contributed by atoms with Crippen molar-refractivity contribution in [2.45, 2.75) is 4.90 Å². The number of hydrogen-bond acceptors (Lipinski definition) is 2. The number of hydrogen-bond donors (Lipinski definition) is 2. The lowest BCUT2D eigenvalue weighted by Gasteiger charge is -2.10. The third-order valence-corrected chi connectivity index (χ3v) is 4.03. The van der Waals surface area contributed by atoms with Gasteiger partial charge in [0.15, 0.2) is 0 Å². The van der Waals surface area contributed by atoms with E-state index < -0.39 is 11.7 Å². The Labute approximate surface area is 132 Å². The minimum absolute atomic E-state index is 0.115. The van der Waals surface area contributed by atoms with E-state index in [4.69, 9.17) is 0 Å². The predicted octanol–water partition coefficient (Wildman–Crippen LogP) is 4.89. The molecule has 0 heterocycles. The molecule has 6 heteroatoms. The largest absolute Gasteiger partial charge is 0.318 e. The lowest BCUT2D eigenvalue weighted by Crippen LogP contribution is -2.14. The molecule has 0 aliphatic carbocycles. The molecular formula is C13H8Br2FNOS. The van der Waals surface area contributed by atoms with E-state index in [-0.39, 0.29) is 5.69 Å². The number of carbonyl (C=O) groups excluding carboxylic acids is 1. The van der Waals surface area contributed by atoms with Crippen molar-refractivity contribution >= 4 is 56.1 Å². The number of carbonyl (C=O) groups is 1. The molecule has 0 saturated heterocycles. The van der Waals surface area contributed by atoms with Crippen LogP contribution < -0.4 is 5.32 Å². The van der Waals surface area contributed by atoms with Crippen molar-refractivity contribution < 1.29 is 9.18 Å². The third-order valence-electron chi connectivity index (χ3n) is 2.40. The van der Waals surface area contributed by atoms with Gasteiger partial charge in [-0.25, -0.2) is 4.39 Å². The summed E-state index contributed by atoms with van der Waals surface area (Å²) in [5.41, 5.74) is 0.506. The first-order valence-electron chi connectivity index (χ1n) is 5.23. The summed E-state index contributed by atoms with van der Waals surface area (Å²) in [5, 5.41) is 2.54. The van der Waals surface area contributed by atoms with Crippen LogP contribution in [0, 0.1) is 5.82 Å². The van der Waals surface area contributed by atoms with E-state index in [9.17, 15) is 9.18 Å². The fourth-order valence-electron chi connectivity index (χ4n) is 1.49. The summed E-state index contributed by atoms with van der Waals surface area (Å²) in [6.07, 6.45) is 0. The van der Waals surface area contributed by atoms with Crippen LogP contribution in [0.4, 0.5) is 10.1 Å². The Morgan fingerprint density at radius 3 is 2.58 bits per heavy atom. The Kier molecular flexibility index (Phi) is 4.65. The van der Waals surface area contributed by atoms with Crippen LogP contribution >= 0.6 is 44.5 Å². The van der Waals surface area contributed by atoms with Gasteiger partial charge in [0.1, 0.15) is 5.82 Å². The molecule has 2 nitrogen and oxygen atoms in total. The van der Waals surface area contributed by atoms with Crippen LogP contribution in [0.15, 0.2) is 50.2 Å². The highest BCUT2D eigenvalue weighted by Gasteiger charge is 2.14. The van der Waals surface area contributed by atoms with E-state index in [0.717, 1.165) is 0 Å². The van der Waals surface area contributed by atoms with E-state index in [0.29, 0.717) is 19.4 Å². The van der Waals surface area contributed by atoms with Gasteiger partial charge in [-0.3, -0.25) is 4.79 Å². The lowest BCUT2D eigenvalue weighted by molar-refractivity contribution is 0.102. The normalized spacial score (nSPS) is 10.3. The fourth-order valence-corrected chi connectivity index (χ4v) is 2.56. The number of anilines is 1. The van der Waals surface area contributed by atoms with Crippen LogP contribution in [-0.2, 0) is 0 Å². The van der Waals surface area contributed by atoms with Crippen LogP contribution in [0.3, 0.4) is 0 Å². The SMILES string of the molecule is O=C(Nc1c(F)cccc1Br)c1cc(S)ccc1Br. The summed E-state index contributed by atoms with van der Waals surface area (Å²) in [6.45, 7) is 0. The molecule has 0 atom stereocenters. The quantitative estimate of drug-likeness (QED) is 0.685. The van der Waals surface area contributed by atoms with Crippen LogP contribution in [0.25, 0.3) is 0 Å². The predicted molar refractivity (Wildman–Crippen MR) is 83.4 cm³/mol. The van der Waals surface area contributed by atoms with E-state index in [1.165, 1.54) is 6.07 Å². The number of rotatable bonds is 2. The van der Waals surface area contributed by atoms with Gasteiger partial charge in [0.25, 0.3) is 5.91 Å². The second kappa shape index (κ2) is 6.07. The molecular weight excluding hydrogens is 397 g/mol. The van der Waals surface area contributed by atoms with E-state index in [1.807, 2.05) is 0 Å². The Hall–Kier alpha value is -0.850. The molecule has 0 aliphatic rings. The Bertz CT molecular complexity index is 628. The molecule has 1 amide bonds. The molecule has 19 heavy (non-hydrogen) atoms. The molecule has 2 aromatic carbocycles. The minimum Gasteiger partial charge on any atom is -0.318 e. The molecule has 0 fully saturated rings. The van der Waals surface area contributed by atoms with Gasteiger partial charge in [-0.05, 0) is 62.2 Å². The summed E-state index contributed by atoms with van der Waals surface area (Å²) in [4.78, 5) is 12.8. The van der Waals surface area contributed by atoms with Crippen molar-refractivity contribution in [2.24, 2.45) is 0 Å². The number of benzene rings is 2. The Morgan fingerprint density at radius 1 is 1.16 bits per heavy atom. The summed E-state index contributed by atoms with van der Waals surface area (Å²) in [7, 11) is 0. The van der Waals surface area contributed by atoms with Gasteiger partial charge in [0.2, 0.25) is 0 Å². The fraction of sp³-hybridized carbons (Fsp3) is 0. The summed E-state index contributed by atoms with van der Waals surface area (Å²) in [5.74, 6) is -0.908. The first-order valence-corrected chi connectivity index (χ1v) is 7.26. The smallest absolute Gasteiger partial charge is 0.256 e. The molecule has 0 unspecified atom stereocenters. The van der Waals surface area contributed by atoms with Gasteiger partial charge in [-0.2, -0.15) is 0 Å². The van der Waals surface area contributed by atoms with Gasteiger partial charge in [-0.1, -0.05) is 6.07 Å². The van der Waals surface area contributed by atoms with Crippen LogP contribution in [0.2, 0.25) is 0 Å². The molecule has 1 N–H and O–H groups in total. The number of halogens is 3. The maximum Gasteiger partial charge on any atom is 0.256 e. The molecule has 0 radical (unpaired) electrons. The van der Waals surface area contributed by atoms with Crippen molar-refractivity contribution in [3.63, 3.8) is 0 Å². The first-order chi connectivity index (χ1) is 8.99. The molecule has 0 bridgehead atoms. The monoisotopic (exact) mass is 403 g/mol. The maximum absolute atomic E-state index is 13.6. The van der Waals surface area contributed by atoms with Crippen molar-refractivity contribution in [1.82, 2.24) is 0 Å². The van der Waals surface area contributed by atoms with Crippen molar-refractivity contribution in [3.05, 3.63) is 56.7 Å². The molecule has 2 aromatic rings. The lowest BCUT2D eigenvalue weighted by atomic mass is 10.2. The van der Waals surface area contributed by atoms with Gasteiger partial charge in [-0.15, -0.1) is 12.6 Å². The minimum atomic E-state index is -0.499. The van der Waals surface area contributed by atoms with Gasteiger partial charge < -0.3 is 5.32 Å². The highest BCUT2D eigenvalue weighted by molar-refractivity contribution is 9.11. The zero-order valence-electron chi connectivity index (χ0n) is 9.45. The summed E-state index contributed by atoms with van der Waals surface area (Å²) in [6, 6.07) is 9.57. The van der Waals surface area contributed by atoms with Crippen LogP contribution in [0.5, 0.6) is 0 Å². The second-order valence-corrected chi connectivity index (χ2v) is 5.94. The molecule has 0 aliphatic heterocycles. The highest BCUT2D eigenvalue weighted by Crippen LogP contribution is 2.27. The van der Waals surface area contributed by atoms with Gasteiger partial charge in [0, 0.05) is 13.8 Å². The van der Waals surface area contributed by atoms with Crippen molar-refractivity contribution in [2.75, 3.05) is 5.32 Å². The van der Waals surface area contributed by atoms with Crippen LogP contribution in [0.1, 0.15) is 10.4 Å². The molecule has 2 rings (SSSR count). The highest BCUT2D eigenvalue weighted by atomic mass is 79.9. The average molecular weight is 405 g/mol. The number of nitrogens with one attached hydrogen (secondary N) is 1. The standard InChI is InChI=1S/C13H8Br2FNOS/c14-9-5-4-7(19)6-8(9)13(18)17-12-10(15)2-1-3-11(12)16/h1-6,19H,(H,17,18). The zero-order chi connectivity index (χ0) is 14.0.